The number of aromatic nitrogens is 2. The summed E-state index contributed by atoms with van der Waals surface area (Å²) < 4.78 is 1.12. The first kappa shape index (κ1) is 11.9. The van der Waals surface area contributed by atoms with E-state index >= 15 is 0 Å². The van der Waals surface area contributed by atoms with Gasteiger partial charge in [-0.2, -0.15) is 0 Å². The summed E-state index contributed by atoms with van der Waals surface area (Å²) in [7, 11) is 0. The van der Waals surface area contributed by atoms with Crippen molar-refractivity contribution in [1.29, 1.82) is 0 Å². The van der Waals surface area contributed by atoms with E-state index in [0.717, 1.165) is 10.0 Å². The fourth-order valence-corrected chi connectivity index (χ4v) is 1.98. The van der Waals surface area contributed by atoms with E-state index in [2.05, 4.69) is 25.9 Å². The van der Waals surface area contributed by atoms with Crippen LogP contribution in [0.3, 0.4) is 0 Å². The van der Waals surface area contributed by atoms with Gasteiger partial charge in [-0.05, 0) is 24.4 Å². The smallest absolute Gasteiger partial charge is 0.339 e. The normalized spacial score (nSPS) is 10.2. The van der Waals surface area contributed by atoms with Crippen molar-refractivity contribution in [2.45, 2.75) is 0 Å². The molecule has 0 saturated carbocycles. The standard InChI is InChI=1S/C11H7BrN2O2S/c12-7-3-1-2-6(4-7)9-8(10(15)16)5-13-11(17)14-9/h1-5H,(H,15,16)(H,13,14,17). The molecule has 0 fully saturated rings. The van der Waals surface area contributed by atoms with Crippen LogP contribution in [0, 0.1) is 4.77 Å². The predicted molar refractivity (Wildman–Crippen MR) is 69.5 cm³/mol. The second kappa shape index (κ2) is 4.77. The first-order valence-electron chi connectivity index (χ1n) is 4.66. The van der Waals surface area contributed by atoms with Crippen LogP contribution in [-0.4, -0.2) is 21.0 Å². The lowest BCUT2D eigenvalue weighted by Crippen LogP contribution is -2.03. The third-order valence-corrected chi connectivity index (χ3v) is 2.86. The van der Waals surface area contributed by atoms with Crippen molar-refractivity contribution in [3.63, 3.8) is 0 Å². The Morgan fingerprint density at radius 3 is 2.88 bits per heavy atom. The second-order valence-corrected chi connectivity index (χ2v) is 4.59. The minimum atomic E-state index is -1.04. The number of aromatic carboxylic acids is 1. The van der Waals surface area contributed by atoms with Gasteiger partial charge in [0.05, 0.1) is 5.69 Å². The molecule has 0 atom stereocenters. The molecule has 17 heavy (non-hydrogen) atoms. The van der Waals surface area contributed by atoms with E-state index in [-0.39, 0.29) is 10.3 Å². The summed E-state index contributed by atoms with van der Waals surface area (Å²) in [5.41, 5.74) is 1.29. The molecule has 0 unspecified atom stereocenters. The summed E-state index contributed by atoms with van der Waals surface area (Å²) in [5.74, 6) is -1.04. The number of carboxylic acid groups (broad SMARTS) is 1. The zero-order valence-electron chi connectivity index (χ0n) is 8.48. The van der Waals surface area contributed by atoms with Crippen molar-refractivity contribution >= 4 is 34.1 Å². The van der Waals surface area contributed by atoms with E-state index in [1.807, 2.05) is 18.2 Å². The van der Waals surface area contributed by atoms with Crippen LogP contribution in [0.4, 0.5) is 0 Å². The highest BCUT2D eigenvalue weighted by Gasteiger charge is 2.12. The van der Waals surface area contributed by atoms with Crippen molar-refractivity contribution in [2.75, 3.05) is 0 Å². The van der Waals surface area contributed by atoms with Gasteiger partial charge >= 0.3 is 5.97 Å². The largest absolute Gasteiger partial charge is 0.478 e. The molecule has 2 N–H and O–H groups in total. The summed E-state index contributed by atoms with van der Waals surface area (Å²) in [6.07, 6.45) is 1.26. The quantitative estimate of drug-likeness (QED) is 0.836. The third kappa shape index (κ3) is 2.59. The van der Waals surface area contributed by atoms with Gasteiger partial charge in [-0.3, -0.25) is 0 Å². The topological polar surface area (TPSA) is 66.0 Å². The molecule has 0 saturated heterocycles. The lowest BCUT2D eigenvalue weighted by Gasteiger charge is -2.06. The molecule has 0 radical (unpaired) electrons. The minimum absolute atomic E-state index is 0.0942. The van der Waals surface area contributed by atoms with Crippen molar-refractivity contribution in [1.82, 2.24) is 9.97 Å². The van der Waals surface area contributed by atoms with E-state index in [0.29, 0.717) is 5.69 Å². The Bertz CT molecular complexity index is 639. The van der Waals surface area contributed by atoms with Gasteiger partial charge in [0.1, 0.15) is 5.56 Å². The van der Waals surface area contributed by atoms with Gasteiger partial charge in [0, 0.05) is 16.2 Å². The lowest BCUT2D eigenvalue weighted by molar-refractivity contribution is 0.0697. The molecule has 4 nitrogen and oxygen atoms in total. The number of hydrogen-bond donors (Lipinski definition) is 2. The zero-order chi connectivity index (χ0) is 12.4. The van der Waals surface area contributed by atoms with Crippen molar-refractivity contribution in [3.05, 3.63) is 45.3 Å². The molecule has 0 aliphatic rings. The number of halogens is 1. The number of H-pyrrole nitrogens is 1. The summed E-state index contributed by atoms with van der Waals surface area (Å²) in [6.45, 7) is 0. The summed E-state index contributed by atoms with van der Waals surface area (Å²) in [6, 6.07) is 7.30. The van der Waals surface area contributed by atoms with Crippen LogP contribution >= 0.6 is 28.1 Å². The van der Waals surface area contributed by atoms with Crippen molar-refractivity contribution in [3.8, 4) is 11.3 Å². The average Bonchev–Trinajstić information content (AvgIpc) is 2.28. The molecule has 2 aromatic rings. The monoisotopic (exact) mass is 310 g/mol. The maximum Gasteiger partial charge on any atom is 0.339 e. The number of hydrogen-bond acceptors (Lipinski definition) is 3. The highest BCUT2D eigenvalue weighted by atomic mass is 79.9. The predicted octanol–water partition coefficient (Wildman–Crippen LogP) is 3.27. The molecule has 6 heteroatoms. The molecule has 1 aromatic carbocycles. The summed E-state index contributed by atoms with van der Waals surface area (Å²) >= 11 is 8.24. The van der Waals surface area contributed by atoms with E-state index in [1.165, 1.54) is 6.20 Å². The van der Waals surface area contributed by atoms with E-state index in [1.54, 1.807) is 6.07 Å². The van der Waals surface area contributed by atoms with Crippen molar-refractivity contribution in [2.24, 2.45) is 0 Å². The van der Waals surface area contributed by atoms with Gasteiger partial charge in [0.2, 0.25) is 0 Å². The Balaban J connectivity index is 2.69. The first-order valence-corrected chi connectivity index (χ1v) is 5.86. The molecular weight excluding hydrogens is 304 g/mol. The second-order valence-electron chi connectivity index (χ2n) is 3.29. The lowest BCUT2D eigenvalue weighted by atomic mass is 10.1. The fourth-order valence-electron chi connectivity index (χ4n) is 1.43. The van der Waals surface area contributed by atoms with Crippen LogP contribution in [0.2, 0.25) is 0 Å². The number of rotatable bonds is 2. The zero-order valence-corrected chi connectivity index (χ0v) is 10.9. The van der Waals surface area contributed by atoms with E-state index in [4.69, 9.17) is 17.3 Å². The number of nitrogens with one attached hydrogen (secondary N) is 1. The molecular formula is C11H7BrN2O2S. The SMILES string of the molecule is O=C(O)c1cnc(=S)[nH]c1-c1cccc(Br)c1. The van der Waals surface area contributed by atoms with Gasteiger partial charge in [-0.15, -0.1) is 0 Å². The average molecular weight is 311 g/mol. The Kier molecular flexibility index (Phi) is 3.35. The Hall–Kier alpha value is -1.53. The molecule has 0 amide bonds. The van der Waals surface area contributed by atoms with Gasteiger partial charge in [-0.1, -0.05) is 28.1 Å². The number of nitrogens with zero attached hydrogens (tertiary/aromatic N) is 1. The first-order chi connectivity index (χ1) is 8.08. The molecule has 2 rings (SSSR count). The molecule has 0 aliphatic heterocycles. The van der Waals surface area contributed by atoms with Gasteiger partial charge in [0.15, 0.2) is 4.77 Å². The Morgan fingerprint density at radius 2 is 2.24 bits per heavy atom. The number of aromatic amines is 1. The molecule has 86 valence electrons. The maximum atomic E-state index is 11.1. The van der Waals surface area contributed by atoms with Gasteiger partial charge in [-0.25, -0.2) is 9.78 Å². The Labute approximate surface area is 110 Å². The molecule has 1 heterocycles. The van der Waals surface area contributed by atoms with Crippen molar-refractivity contribution < 1.29 is 9.90 Å². The van der Waals surface area contributed by atoms with Crippen LogP contribution in [0.5, 0.6) is 0 Å². The van der Waals surface area contributed by atoms with Crippen LogP contribution in [0.15, 0.2) is 34.9 Å². The molecule has 0 spiro atoms. The highest BCUT2D eigenvalue weighted by Crippen LogP contribution is 2.23. The van der Waals surface area contributed by atoms with E-state index in [9.17, 15) is 4.79 Å². The van der Waals surface area contributed by atoms with Crippen LogP contribution < -0.4 is 0 Å². The molecule has 0 bridgehead atoms. The number of carbonyl (C=O) groups is 1. The molecule has 1 aromatic heterocycles. The highest BCUT2D eigenvalue weighted by molar-refractivity contribution is 9.10. The maximum absolute atomic E-state index is 11.1. The minimum Gasteiger partial charge on any atom is -0.478 e. The number of benzene rings is 1. The van der Waals surface area contributed by atoms with Crippen LogP contribution in [-0.2, 0) is 0 Å². The third-order valence-electron chi connectivity index (χ3n) is 2.16. The number of carboxylic acids is 1. The Morgan fingerprint density at radius 1 is 1.47 bits per heavy atom. The van der Waals surface area contributed by atoms with Gasteiger partial charge < -0.3 is 10.1 Å². The fraction of sp³-hybridized carbons (Fsp3) is 0. The molecule has 0 aliphatic carbocycles. The summed E-state index contributed by atoms with van der Waals surface area (Å²) in [4.78, 5) is 17.7. The van der Waals surface area contributed by atoms with Gasteiger partial charge in [0.25, 0.3) is 0 Å². The van der Waals surface area contributed by atoms with Crippen LogP contribution in [0.1, 0.15) is 10.4 Å². The van der Waals surface area contributed by atoms with E-state index < -0.39 is 5.97 Å². The summed E-state index contributed by atoms with van der Waals surface area (Å²) in [5, 5.41) is 9.08. The van der Waals surface area contributed by atoms with Crippen LogP contribution in [0.25, 0.3) is 11.3 Å².